The summed E-state index contributed by atoms with van der Waals surface area (Å²) in [5, 5.41) is 5.85. The van der Waals surface area contributed by atoms with Crippen LogP contribution < -0.4 is 10.6 Å². The second-order valence-electron chi connectivity index (χ2n) is 12.7. The molecule has 0 spiro atoms. The zero-order valence-electron chi connectivity index (χ0n) is 24.3. The topological polar surface area (TPSA) is 95.6 Å². The Morgan fingerprint density at radius 2 is 1.51 bits per heavy atom. The molecule has 2 aromatic carbocycles. The van der Waals surface area contributed by atoms with Gasteiger partial charge in [0.15, 0.2) is 0 Å². The molecule has 0 aromatic heterocycles. The maximum atomic E-state index is 13.8. The molecule has 1 saturated heterocycles. The van der Waals surface area contributed by atoms with E-state index in [0.717, 1.165) is 5.56 Å². The number of carbonyl (C=O) groups is 2. The average Bonchev–Trinajstić information content (AvgIpc) is 2.81. The Balaban J connectivity index is 1.68. The summed E-state index contributed by atoms with van der Waals surface area (Å²) in [6.07, 6.45) is 2.87. The normalized spacial score (nSPS) is 17.8. The van der Waals surface area contributed by atoms with Crippen molar-refractivity contribution in [3.05, 3.63) is 77.9 Å². The summed E-state index contributed by atoms with van der Waals surface area (Å²) in [4.78, 5) is 24.7. The third-order valence-corrected chi connectivity index (χ3v) is 9.63. The van der Waals surface area contributed by atoms with Crippen LogP contribution in [0.1, 0.15) is 82.8 Å². The van der Waals surface area contributed by atoms with Gasteiger partial charge in [-0.05, 0) is 93.8 Å². The lowest BCUT2D eigenvalue weighted by Crippen LogP contribution is -2.65. The van der Waals surface area contributed by atoms with Gasteiger partial charge in [0.25, 0.3) is 5.91 Å². The van der Waals surface area contributed by atoms with E-state index < -0.39 is 21.1 Å². The minimum atomic E-state index is -3.88. The predicted octanol–water partition coefficient (Wildman–Crippen LogP) is 4.97. The van der Waals surface area contributed by atoms with E-state index in [1.165, 1.54) is 23.8 Å². The molecule has 2 N–H and O–H groups in total. The smallest absolute Gasteiger partial charge is 0.251 e. The minimum Gasteiger partial charge on any atom is -0.352 e. The molecule has 0 aliphatic carbocycles. The molecule has 0 bridgehead atoms. The number of hydrogen-bond acceptors (Lipinski definition) is 4. The van der Waals surface area contributed by atoms with Crippen molar-refractivity contribution in [1.29, 1.82) is 0 Å². The van der Waals surface area contributed by atoms with E-state index >= 15 is 0 Å². The van der Waals surface area contributed by atoms with Gasteiger partial charge in [-0.2, -0.15) is 4.31 Å². The number of amides is 2. The molecular formula is C31H43N3O4S. The third-order valence-electron chi connectivity index (χ3n) is 7.30. The Morgan fingerprint density at radius 1 is 0.974 bits per heavy atom. The van der Waals surface area contributed by atoms with E-state index in [4.69, 9.17) is 0 Å². The van der Waals surface area contributed by atoms with Gasteiger partial charge < -0.3 is 10.6 Å². The molecule has 8 heteroatoms. The van der Waals surface area contributed by atoms with E-state index in [9.17, 15) is 18.0 Å². The Labute approximate surface area is 234 Å². The molecule has 1 aliphatic heterocycles. The fraction of sp³-hybridized carbons (Fsp3) is 0.484. The number of hydrogen-bond donors (Lipinski definition) is 2. The van der Waals surface area contributed by atoms with Gasteiger partial charge in [-0.1, -0.05) is 51.6 Å². The summed E-state index contributed by atoms with van der Waals surface area (Å²) in [7, 11) is -3.88. The van der Waals surface area contributed by atoms with Gasteiger partial charge >= 0.3 is 0 Å². The molecule has 1 fully saturated rings. The Hall–Kier alpha value is -2.97. The van der Waals surface area contributed by atoms with Gasteiger partial charge in [0, 0.05) is 29.2 Å². The number of piperidine rings is 1. The second kappa shape index (κ2) is 11.3. The van der Waals surface area contributed by atoms with Gasteiger partial charge in [-0.3, -0.25) is 9.59 Å². The van der Waals surface area contributed by atoms with Gasteiger partial charge in [0.1, 0.15) is 0 Å². The van der Waals surface area contributed by atoms with Crippen LogP contribution in [0.5, 0.6) is 0 Å². The third kappa shape index (κ3) is 7.17. The molecule has 1 heterocycles. The Bertz CT molecular complexity index is 1290. The number of carbonyl (C=O) groups excluding carboxylic acids is 2. The minimum absolute atomic E-state index is 0.0946. The van der Waals surface area contributed by atoms with E-state index in [1.807, 2.05) is 27.7 Å². The van der Waals surface area contributed by atoms with E-state index in [2.05, 4.69) is 62.2 Å². The SMILES string of the molecule is C=CC(=O)NC1CC(C)(C)N(S(=O)(=O)c2ccc(C(=O)NCCc3ccc(C(C)(C)C)cc3)cc2)C(C)(C)C1. The largest absolute Gasteiger partial charge is 0.352 e. The molecule has 2 aromatic rings. The number of sulfonamides is 1. The molecule has 1 aliphatic rings. The van der Waals surface area contributed by atoms with Crippen molar-refractivity contribution < 1.29 is 18.0 Å². The molecule has 0 atom stereocenters. The first kappa shape index (κ1) is 30.6. The van der Waals surface area contributed by atoms with Crippen molar-refractivity contribution in [1.82, 2.24) is 14.9 Å². The van der Waals surface area contributed by atoms with Crippen molar-refractivity contribution in [2.45, 2.75) is 95.2 Å². The second-order valence-corrected chi connectivity index (χ2v) is 14.5. The highest BCUT2D eigenvalue weighted by Gasteiger charge is 2.51. The van der Waals surface area contributed by atoms with Crippen LogP contribution in [-0.4, -0.2) is 48.2 Å². The first-order chi connectivity index (χ1) is 18.0. The quantitative estimate of drug-likeness (QED) is 0.451. The maximum Gasteiger partial charge on any atom is 0.251 e. The van der Waals surface area contributed by atoms with Crippen LogP contribution in [0.15, 0.2) is 66.1 Å². The number of nitrogens with one attached hydrogen (secondary N) is 2. The standard InChI is InChI=1S/C31H43N3O4S/c1-9-27(35)33-25-20-30(5,6)34(31(7,8)21-25)39(37,38)26-16-12-23(13-17-26)28(36)32-19-18-22-10-14-24(15-11-22)29(2,3)4/h9-17,25H,1,18-21H2,2-8H3,(H,32,36)(H,33,35). The monoisotopic (exact) mass is 553 g/mol. The van der Waals surface area contributed by atoms with Crippen LogP contribution >= 0.6 is 0 Å². The fourth-order valence-electron chi connectivity index (χ4n) is 5.75. The molecule has 0 saturated carbocycles. The van der Waals surface area contributed by atoms with Gasteiger partial charge in [-0.25, -0.2) is 8.42 Å². The summed E-state index contributed by atoms with van der Waals surface area (Å²) in [6, 6.07) is 14.3. The zero-order chi connectivity index (χ0) is 29.2. The van der Waals surface area contributed by atoms with Crippen LogP contribution in [0.3, 0.4) is 0 Å². The first-order valence-electron chi connectivity index (χ1n) is 13.4. The fourth-order valence-corrected chi connectivity index (χ4v) is 7.89. The average molecular weight is 554 g/mol. The van der Waals surface area contributed by atoms with Crippen LogP contribution in [0.25, 0.3) is 0 Å². The zero-order valence-corrected chi connectivity index (χ0v) is 25.1. The summed E-state index contributed by atoms with van der Waals surface area (Å²) in [5.41, 5.74) is 1.41. The lowest BCUT2D eigenvalue weighted by Gasteiger charge is -2.53. The van der Waals surface area contributed by atoms with Crippen LogP contribution in [-0.2, 0) is 26.7 Å². The molecule has 0 radical (unpaired) electrons. The van der Waals surface area contributed by atoms with Gasteiger partial charge in [0.2, 0.25) is 15.9 Å². The Morgan fingerprint density at radius 3 is 2.00 bits per heavy atom. The first-order valence-corrected chi connectivity index (χ1v) is 14.9. The van der Waals surface area contributed by atoms with E-state index in [0.29, 0.717) is 31.4 Å². The molecule has 39 heavy (non-hydrogen) atoms. The highest BCUT2D eigenvalue weighted by atomic mass is 32.2. The van der Waals surface area contributed by atoms with E-state index in [-0.39, 0.29) is 28.2 Å². The van der Waals surface area contributed by atoms with Crippen molar-refractivity contribution >= 4 is 21.8 Å². The molecule has 7 nitrogen and oxygen atoms in total. The van der Waals surface area contributed by atoms with Crippen LogP contribution in [0.4, 0.5) is 0 Å². The Kier molecular flexibility index (Phi) is 8.82. The van der Waals surface area contributed by atoms with Crippen molar-refractivity contribution in [2.24, 2.45) is 0 Å². The van der Waals surface area contributed by atoms with Crippen molar-refractivity contribution in [3.63, 3.8) is 0 Å². The lowest BCUT2D eigenvalue weighted by molar-refractivity contribution is -0.118. The summed E-state index contributed by atoms with van der Waals surface area (Å²) in [5.74, 6) is -0.514. The lowest BCUT2D eigenvalue weighted by atomic mass is 9.79. The van der Waals surface area contributed by atoms with Crippen LogP contribution in [0, 0.1) is 0 Å². The molecule has 212 valence electrons. The maximum absolute atomic E-state index is 13.8. The number of nitrogens with zero attached hydrogens (tertiary/aromatic N) is 1. The summed E-state index contributed by atoms with van der Waals surface area (Å²) >= 11 is 0. The number of benzene rings is 2. The molecule has 2 amide bonds. The molecule has 0 unspecified atom stereocenters. The predicted molar refractivity (Wildman–Crippen MR) is 156 cm³/mol. The highest BCUT2D eigenvalue weighted by Crippen LogP contribution is 2.42. The van der Waals surface area contributed by atoms with Crippen LogP contribution in [0.2, 0.25) is 0 Å². The summed E-state index contributed by atoms with van der Waals surface area (Å²) in [6.45, 7) is 18.0. The van der Waals surface area contributed by atoms with Crippen molar-refractivity contribution in [2.75, 3.05) is 6.54 Å². The summed E-state index contributed by atoms with van der Waals surface area (Å²) < 4.78 is 29.2. The molecular weight excluding hydrogens is 510 g/mol. The van der Waals surface area contributed by atoms with E-state index in [1.54, 1.807) is 16.4 Å². The van der Waals surface area contributed by atoms with Gasteiger partial charge in [-0.15, -0.1) is 0 Å². The van der Waals surface area contributed by atoms with Gasteiger partial charge in [0.05, 0.1) is 4.90 Å². The number of rotatable bonds is 8. The molecule has 3 rings (SSSR count). The van der Waals surface area contributed by atoms with Crippen molar-refractivity contribution in [3.8, 4) is 0 Å². The highest BCUT2D eigenvalue weighted by molar-refractivity contribution is 7.89.